The third kappa shape index (κ3) is 2.76. The van der Waals surface area contributed by atoms with Gasteiger partial charge in [0.05, 0.1) is 16.9 Å². The van der Waals surface area contributed by atoms with Crippen molar-refractivity contribution in [3.05, 3.63) is 34.7 Å². The molecule has 3 heterocycles. The minimum absolute atomic E-state index is 0.543. The SMILES string of the molecule is CCc1csc(C2CCCN(c3cnccn3)C2)n1. The number of nitrogens with zero attached hydrogens (tertiary/aromatic N) is 4. The molecule has 1 unspecified atom stereocenters. The molecule has 1 fully saturated rings. The number of hydrogen-bond donors (Lipinski definition) is 0. The van der Waals surface area contributed by atoms with Crippen molar-refractivity contribution in [3.63, 3.8) is 0 Å². The van der Waals surface area contributed by atoms with Crippen molar-refractivity contribution in [2.75, 3.05) is 18.0 Å². The van der Waals surface area contributed by atoms with E-state index in [-0.39, 0.29) is 0 Å². The summed E-state index contributed by atoms with van der Waals surface area (Å²) in [6, 6.07) is 0. The van der Waals surface area contributed by atoms with Gasteiger partial charge in [0.1, 0.15) is 5.82 Å². The van der Waals surface area contributed by atoms with Crippen LogP contribution in [0.25, 0.3) is 0 Å². The number of piperidine rings is 1. The highest BCUT2D eigenvalue weighted by Crippen LogP contribution is 2.30. The number of aromatic nitrogens is 3. The highest BCUT2D eigenvalue weighted by atomic mass is 32.1. The van der Waals surface area contributed by atoms with Gasteiger partial charge < -0.3 is 4.90 Å². The Morgan fingerprint density at radius 2 is 2.37 bits per heavy atom. The molecule has 1 atom stereocenters. The first-order chi connectivity index (χ1) is 9.36. The zero-order valence-corrected chi connectivity index (χ0v) is 11.9. The second-order valence-electron chi connectivity index (χ2n) is 4.88. The van der Waals surface area contributed by atoms with Crippen molar-refractivity contribution in [3.8, 4) is 0 Å². The average Bonchev–Trinajstić information content (AvgIpc) is 2.97. The summed E-state index contributed by atoms with van der Waals surface area (Å²) in [5.74, 6) is 1.53. The Labute approximate surface area is 117 Å². The van der Waals surface area contributed by atoms with E-state index in [1.165, 1.54) is 23.5 Å². The molecule has 0 saturated carbocycles. The van der Waals surface area contributed by atoms with Crippen LogP contribution in [0.2, 0.25) is 0 Å². The molecule has 0 amide bonds. The molecule has 5 heteroatoms. The van der Waals surface area contributed by atoms with Crippen LogP contribution in [0.3, 0.4) is 0 Å². The quantitative estimate of drug-likeness (QED) is 0.863. The lowest BCUT2D eigenvalue weighted by Crippen LogP contribution is -2.34. The molecule has 2 aromatic heterocycles. The van der Waals surface area contributed by atoms with Gasteiger partial charge in [-0.25, -0.2) is 9.97 Å². The van der Waals surface area contributed by atoms with E-state index in [2.05, 4.69) is 27.2 Å². The van der Waals surface area contributed by atoms with Crippen LogP contribution >= 0.6 is 11.3 Å². The average molecular weight is 274 g/mol. The van der Waals surface area contributed by atoms with Gasteiger partial charge in [0.25, 0.3) is 0 Å². The molecule has 0 aromatic carbocycles. The second kappa shape index (κ2) is 5.65. The van der Waals surface area contributed by atoms with Crippen LogP contribution in [0.1, 0.15) is 36.4 Å². The smallest absolute Gasteiger partial charge is 0.147 e. The van der Waals surface area contributed by atoms with Gasteiger partial charge >= 0.3 is 0 Å². The van der Waals surface area contributed by atoms with Crippen LogP contribution < -0.4 is 4.90 Å². The molecule has 100 valence electrons. The van der Waals surface area contributed by atoms with Crippen molar-refractivity contribution >= 4 is 17.2 Å². The Hall–Kier alpha value is -1.49. The molecule has 1 aliphatic heterocycles. The fraction of sp³-hybridized carbons (Fsp3) is 0.500. The molecular weight excluding hydrogens is 256 g/mol. The number of hydrogen-bond acceptors (Lipinski definition) is 5. The van der Waals surface area contributed by atoms with Crippen LogP contribution in [0.15, 0.2) is 24.0 Å². The molecular formula is C14H18N4S. The van der Waals surface area contributed by atoms with Gasteiger partial charge in [0.15, 0.2) is 0 Å². The fourth-order valence-electron chi connectivity index (χ4n) is 2.51. The van der Waals surface area contributed by atoms with Gasteiger partial charge in [-0.05, 0) is 19.3 Å². The molecule has 0 aliphatic carbocycles. The molecule has 1 aliphatic rings. The van der Waals surface area contributed by atoms with E-state index in [1.54, 1.807) is 23.7 Å². The minimum atomic E-state index is 0.543. The molecule has 0 bridgehead atoms. The summed E-state index contributed by atoms with van der Waals surface area (Å²) >= 11 is 1.80. The van der Waals surface area contributed by atoms with Crippen LogP contribution in [-0.2, 0) is 6.42 Å². The molecule has 4 nitrogen and oxygen atoms in total. The Balaban J connectivity index is 1.74. The first kappa shape index (κ1) is 12.5. The van der Waals surface area contributed by atoms with E-state index in [0.29, 0.717) is 5.92 Å². The van der Waals surface area contributed by atoms with Gasteiger partial charge in [-0.3, -0.25) is 4.98 Å². The number of thiazole rings is 1. The minimum Gasteiger partial charge on any atom is -0.355 e. The predicted molar refractivity (Wildman–Crippen MR) is 77.7 cm³/mol. The fourth-order valence-corrected chi connectivity index (χ4v) is 3.54. The topological polar surface area (TPSA) is 41.9 Å². The summed E-state index contributed by atoms with van der Waals surface area (Å²) < 4.78 is 0. The van der Waals surface area contributed by atoms with E-state index in [9.17, 15) is 0 Å². The summed E-state index contributed by atoms with van der Waals surface area (Å²) in [6.45, 7) is 4.24. The summed E-state index contributed by atoms with van der Waals surface area (Å²) in [5.41, 5.74) is 1.22. The second-order valence-corrected chi connectivity index (χ2v) is 5.77. The highest BCUT2D eigenvalue weighted by Gasteiger charge is 2.24. The molecule has 2 aromatic rings. The largest absolute Gasteiger partial charge is 0.355 e. The first-order valence-electron chi connectivity index (χ1n) is 6.82. The van der Waals surface area contributed by atoms with Crippen LogP contribution in [0.5, 0.6) is 0 Å². The number of anilines is 1. The molecule has 0 spiro atoms. The van der Waals surface area contributed by atoms with Crippen molar-refractivity contribution in [1.82, 2.24) is 15.0 Å². The Morgan fingerprint density at radius 1 is 1.42 bits per heavy atom. The normalized spacial score (nSPS) is 19.6. The van der Waals surface area contributed by atoms with Crippen molar-refractivity contribution < 1.29 is 0 Å². The maximum atomic E-state index is 4.74. The molecule has 3 rings (SSSR count). The van der Waals surface area contributed by atoms with Crippen molar-refractivity contribution in [2.24, 2.45) is 0 Å². The van der Waals surface area contributed by atoms with Crippen molar-refractivity contribution in [2.45, 2.75) is 32.1 Å². The van der Waals surface area contributed by atoms with E-state index in [4.69, 9.17) is 4.98 Å². The number of rotatable bonds is 3. The third-order valence-electron chi connectivity index (χ3n) is 3.58. The van der Waals surface area contributed by atoms with Gasteiger partial charge in [0, 0.05) is 36.8 Å². The maximum absolute atomic E-state index is 4.74. The molecule has 19 heavy (non-hydrogen) atoms. The lowest BCUT2D eigenvalue weighted by molar-refractivity contribution is 0.504. The standard InChI is InChI=1S/C14H18N4S/c1-2-12-10-19-14(17-12)11-4-3-7-18(9-11)13-8-15-5-6-16-13/h5-6,8,10-11H,2-4,7,9H2,1H3. The van der Waals surface area contributed by atoms with E-state index >= 15 is 0 Å². The summed E-state index contributed by atoms with van der Waals surface area (Å²) in [4.78, 5) is 15.6. The van der Waals surface area contributed by atoms with Crippen LogP contribution in [0, 0.1) is 0 Å². The zero-order valence-electron chi connectivity index (χ0n) is 11.1. The third-order valence-corrected chi connectivity index (χ3v) is 4.63. The van der Waals surface area contributed by atoms with Crippen molar-refractivity contribution in [1.29, 1.82) is 0 Å². The Kier molecular flexibility index (Phi) is 3.73. The molecule has 0 radical (unpaired) electrons. The molecule has 0 N–H and O–H groups in total. The van der Waals surface area contributed by atoms with E-state index in [1.807, 2.05) is 6.20 Å². The summed E-state index contributed by atoms with van der Waals surface area (Å²) in [6.07, 6.45) is 8.78. The molecule has 1 saturated heterocycles. The summed E-state index contributed by atoms with van der Waals surface area (Å²) in [5, 5.41) is 3.47. The predicted octanol–water partition coefficient (Wildman–Crippen LogP) is 2.88. The Morgan fingerprint density at radius 3 is 3.11 bits per heavy atom. The number of aryl methyl sites for hydroxylation is 1. The first-order valence-corrected chi connectivity index (χ1v) is 7.70. The maximum Gasteiger partial charge on any atom is 0.147 e. The van der Waals surface area contributed by atoms with Crippen LogP contribution in [0.4, 0.5) is 5.82 Å². The van der Waals surface area contributed by atoms with Crippen LogP contribution in [-0.4, -0.2) is 28.0 Å². The van der Waals surface area contributed by atoms with Gasteiger partial charge in [-0.2, -0.15) is 0 Å². The van der Waals surface area contributed by atoms with Gasteiger partial charge in [-0.15, -0.1) is 11.3 Å². The van der Waals surface area contributed by atoms with E-state index < -0.39 is 0 Å². The van der Waals surface area contributed by atoms with Gasteiger partial charge in [0.2, 0.25) is 0 Å². The lowest BCUT2D eigenvalue weighted by atomic mass is 9.99. The zero-order chi connectivity index (χ0) is 13.1. The van der Waals surface area contributed by atoms with E-state index in [0.717, 1.165) is 25.3 Å². The summed E-state index contributed by atoms with van der Waals surface area (Å²) in [7, 11) is 0. The monoisotopic (exact) mass is 274 g/mol. The van der Waals surface area contributed by atoms with Gasteiger partial charge in [-0.1, -0.05) is 6.92 Å². The highest BCUT2D eigenvalue weighted by molar-refractivity contribution is 7.09. The lowest BCUT2D eigenvalue weighted by Gasteiger charge is -2.32. The Bertz CT molecular complexity index is 525.